The number of carbonyl (C=O) groups is 1. The third-order valence-corrected chi connectivity index (χ3v) is 4.18. The second-order valence-electron chi connectivity index (χ2n) is 6.09. The number of halogens is 3. The molecule has 5 nitrogen and oxygen atoms in total. The van der Waals surface area contributed by atoms with Gasteiger partial charge in [-0.05, 0) is 42.8 Å². The van der Waals surface area contributed by atoms with E-state index in [1.807, 2.05) is 6.08 Å². The number of allylic oxidation sites excluding steroid dienone is 5. The van der Waals surface area contributed by atoms with E-state index < -0.39 is 23.8 Å². The van der Waals surface area contributed by atoms with Crippen LogP contribution in [0.5, 0.6) is 11.5 Å². The number of hydrogen-bond acceptors (Lipinski definition) is 4. The maximum Gasteiger partial charge on any atom is 0.429 e. The molecule has 1 N–H and O–H groups in total. The molecular weight excluding hydrogens is 377 g/mol. The average molecular weight is 394 g/mol. The lowest BCUT2D eigenvalue weighted by Gasteiger charge is -2.21. The molecule has 148 valence electrons. The molecule has 1 heterocycles. The lowest BCUT2D eigenvalue weighted by molar-refractivity contribution is -0.186. The minimum Gasteiger partial charge on any atom is -0.501 e. The third kappa shape index (κ3) is 4.39. The minimum absolute atomic E-state index is 0.0244. The highest BCUT2D eigenvalue weighted by Crippen LogP contribution is 2.36. The lowest BCUT2D eigenvalue weighted by atomic mass is 10.1. The molecule has 1 aromatic carbocycles. The molecule has 0 saturated carbocycles. The maximum absolute atomic E-state index is 13.2. The zero-order chi connectivity index (χ0) is 20.3. The highest BCUT2D eigenvalue weighted by molar-refractivity contribution is 5.88. The third-order valence-electron chi connectivity index (χ3n) is 4.18. The van der Waals surface area contributed by atoms with Gasteiger partial charge in [-0.2, -0.15) is 13.2 Å². The van der Waals surface area contributed by atoms with Crippen molar-refractivity contribution in [2.24, 2.45) is 0 Å². The normalized spacial score (nSPS) is 19.1. The first-order valence-electron chi connectivity index (χ1n) is 8.37. The molecule has 1 unspecified atom stereocenters. The summed E-state index contributed by atoms with van der Waals surface area (Å²) < 4.78 is 55.6. The number of carboxylic acids is 1. The highest BCUT2D eigenvalue weighted by atomic mass is 19.4. The van der Waals surface area contributed by atoms with E-state index in [-0.39, 0.29) is 12.2 Å². The Hall–Kier alpha value is -3.16. The number of fused-ring (bicyclic) bond motifs is 1. The monoisotopic (exact) mass is 394 g/mol. The van der Waals surface area contributed by atoms with Gasteiger partial charge < -0.3 is 19.3 Å². The zero-order valence-electron chi connectivity index (χ0n) is 14.8. The van der Waals surface area contributed by atoms with Gasteiger partial charge in [0, 0.05) is 12.0 Å². The van der Waals surface area contributed by atoms with Crippen molar-refractivity contribution >= 4 is 5.97 Å². The summed E-state index contributed by atoms with van der Waals surface area (Å²) in [7, 11) is 1.57. The number of methoxy groups -OCH3 is 1. The van der Waals surface area contributed by atoms with Crippen molar-refractivity contribution < 1.29 is 37.3 Å². The van der Waals surface area contributed by atoms with Crippen molar-refractivity contribution in [1.29, 1.82) is 0 Å². The Bertz CT molecular complexity index is 894. The molecule has 0 spiro atoms. The molecule has 1 aliphatic carbocycles. The van der Waals surface area contributed by atoms with Crippen LogP contribution in [0, 0.1) is 0 Å². The fourth-order valence-corrected chi connectivity index (χ4v) is 2.80. The van der Waals surface area contributed by atoms with Crippen LogP contribution < -0.4 is 9.47 Å². The molecule has 0 radical (unpaired) electrons. The predicted molar refractivity (Wildman–Crippen MR) is 93.9 cm³/mol. The summed E-state index contributed by atoms with van der Waals surface area (Å²) in [6.45, 7) is 0. The summed E-state index contributed by atoms with van der Waals surface area (Å²) in [5.41, 5.74) is -0.438. The van der Waals surface area contributed by atoms with E-state index in [0.717, 1.165) is 11.8 Å². The van der Waals surface area contributed by atoms with Gasteiger partial charge in [0.05, 0.1) is 18.4 Å². The Morgan fingerprint density at radius 1 is 1.25 bits per heavy atom. The van der Waals surface area contributed by atoms with Gasteiger partial charge in [-0.3, -0.25) is 0 Å². The van der Waals surface area contributed by atoms with E-state index in [1.165, 1.54) is 18.2 Å². The molecule has 0 bridgehead atoms. The van der Waals surface area contributed by atoms with Gasteiger partial charge in [0.25, 0.3) is 0 Å². The van der Waals surface area contributed by atoms with Crippen molar-refractivity contribution in [2.75, 3.05) is 7.11 Å². The number of hydrogen-bond donors (Lipinski definition) is 1. The van der Waals surface area contributed by atoms with Gasteiger partial charge in [0.1, 0.15) is 17.3 Å². The summed E-state index contributed by atoms with van der Waals surface area (Å²) in [4.78, 5) is 11.2. The molecule has 1 aliphatic heterocycles. The fraction of sp³-hybridized carbons (Fsp3) is 0.250. The van der Waals surface area contributed by atoms with Crippen LogP contribution >= 0.6 is 0 Å². The molecule has 3 rings (SSSR count). The number of carboxylic acid groups (broad SMARTS) is 1. The SMILES string of the molecule is COC1=CC=C(Oc2ccc3c(c2)CC=C(C(=O)O)C(C(F)(F)F)O3)C=CC1. The largest absolute Gasteiger partial charge is 0.501 e. The van der Waals surface area contributed by atoms with Crippen molar-refractivity contribution in [2.45, 2.75) is 25.1 Å². The molecule has 2 aliphatic rings. The van der Waals surface area contributed by atoms with Crippen LogP contribution in [0.2, 0.25) is 0 Å². The van der Waals surface area contributed by atoms with Gasteiger partial charge >= 0.3 is 12.1 Å². The van der Waals surface area contributed by atoms with Crippen molar-refractivity contribution in [1.82, 2.24) is 0 Å². The number of benzene rings is 1. The number of rotatable bonds is 4. The molecular formula is C20H17F3O5. The maximum atomic E-state index is 13.2. The van der Waals surface area contributed by atoms with Gasteiger partial charge in [-0.1, -0.05) is 12.2 Å². The second kappa shape index (κ2) is 7.84. The van der Waals surface area contributed by atoms with Gasteiger partial charge in [-0.15, -0.1) is 0 Å². The Morgan fingerprint density at radius 3 is 2.71 bits per heavy atom. The first kappa shape index (κ1) is 19.6. The average Bonchev–Trinajstić information content (AvgIpc) is 2.97. The van der Waals surface area contributed by atoms with Crippen LogP contribution in [0.3, 0.4) is 0 Å². The van der Waals surface area contributed by atoms with E-state index in [1.54, 1.807) is 25.3 Å². The molecule has 8 heteroatoms. The first-order chi connectivity index (χ1) is 13.3. The van der Waals surface area contributed by atoms with E-state index in [0.29, 0.717) is 23.5 Å². The molecule has 1 aromatic rings. The van der Waals surface area contributed by atoms with Crippen LogP contribution in [0.25, 0.3) is 0 Å². The van der Waals surface area contributed by atoms with Crippen molar-refractivity contribution in [3.05, 3.63) is 71.2 Å². The number of alkyl halides is 3. The van der Waals surface area contributed by atoms with Crippen LogP contribution in [0.15, 0.2) is 65.7 Å². The summed E-state index contributed by atoms with van der Waals surface area (Å²) in [5.74, 6) is -0.0235. The van der Waals surface area contributed by atoms with Crippen LogP contribution in [-0.4, -0.2) is 30.5 Å². The molecule has 1 atom stereocenters. The highest BCUT2D eigenvalue weighted by Gasteiger charge is 2.47. The number of aliphatic carboxylic acids is 1. The Kier molecular flexibility index (Phi) is 5.48. The van der Waals surface area contributed by atoms with Gasteiger partial charge in [0.15, 0.2) is 0 Å². The van der Waals surface area contributed by atoms with E-state index in [9.17, 15) is 18.0 Å². The summed E-state index contributed by atoms with van der Waals surface area (Å²) >= 11 is 0. The lowest BCUT2D eigenvalue weighted by Crippen LogP contribution is -2.38. The van der Waals surface area contributed by atoms with Crippen LogP contribution in [0.1, 0.15) is 12.0 Å². The van der Waals surface area contributed by atoms with Crippen LogP contribution in [0.4, 0.5) is 13.2 Å². The van der Waals surface area contributed by atoms with E-state index in [4.69, 9.17) is 19.3 Å². The Balaban J connectivity index is 1.87. The van der Waals surface area contributed by atoms with E-state index in [2.05, 4.69) is 0 Å². The van der Waals surface area contributed by atoms with Crippen molar-refractivity contribution in [3.8, 4) is 11.5 Å². The molecule has 0 amide bonds. The van der Waals surface area contributed by atoms with E-state index >= 15 is 0 Å². The smallest absolute Gasteiger partial charge is 0.429 e. The molecule has 28 heavy (non-hydrogen) atoms. The van der Waals surface area contributed by atoms with Crippen molar-refractivity contribution in [3.63, 3.8) is 0 Å². The first-order valence-corrected chi connectivity index (χ1v) is 8.37. The second-order valence-corrected chi connectivity index (χ2v) is 6.09. The quantitative estimate of drug-likeness (QED) is 0.824. The molecule has 0 aromatic heterocycles. The summed E-state index contributed by atoms with van der Waals surface area (Å²) in [5, 5.41) is 9.11. The summed E-state index contributed by atoms with van der Waals surface area (Å²) in [6.07, 6.45) is 1.33. The topological polar surface area (TPSA) is 65.0 Å². The standard InChI is InChI=1S/C20H17F3O5/c1-26-13-3-2-4-14(7-6-13)27-15-8-10-17-12(11-15)5-9-16(19(24)25)18(28-17)20(21,22)23/h2,4,6-11,18H,3,5H2,1H3,(H,24,25). The zero-order valence-corrected chi connectivity index (χ0v) is 14.8. The number of ether oxygens (including phenoxy) is 3. The molecule has 0 fully saturated rings. The van der Waals surface area contributed by atoms with Crippen LogP contribution in [-0.2, 0) is 16.0 Å². The Labute approximate surface area is 159 Å². The van der Waals surface area contributed by atoms with Gasteiger partial charge in [-0.25, -0.2) is 4.79 Å². The summed E-state index contributed by atoms with van der Waals surface area (Å²) in [6, 6.07) is 4.35. The molecule has 0 saturated heterocycles. The fourth-order valence-electron chi connectivity index (χ4n) is 2.80. The predicted octanol–water partition coefficient (Wildman–Crippen LogP) is 4.32. The minimum atomic E-state index is -4.84. The van der Waals surface area contributed by atoms with Gasteiger partial charge in [0.2, 0.25) is 6.10 Å². The Morgan fingerprint density at radius 2 is 2.04 bits per heavy atom.